The second-order valence-electron chi connectivity index (χ2n) is 11.9. The van der Waals surface area contributed by atoms with Gasteiger partial charge in [0.25, 0.3) is 5.91 Å². The van der Waals surface area contributed by atoms with Crippen molar-refractivity contribution in [1.82, 2.24) is 19.4 Å². The zero-order valence-electron chi connectivity index (χ0n) is 24.7. The zero-order valence-corrected chi connectivity index (χ0v) is 24.7. The second-order valence-corrected chi connectivity index (χ2v) is 11.9. The molecule has 1 saturated heterocycles. The molecule has 2 aromatic rings. The molecule has 0 N–H and O–H groups in total. The van der Waals surface area contributed by atoms with Gasteiger partial charge in [0.05, 0.1) is 17.1 Å². The monoisotopic (exact) mass is 542 g/mol. The lowest BCUT2D eigenvalue weighted by atomic mass is 9.88. The lowest BCUT2D eigenvalue weighted by Crippen LogP contribution is -2.57. The zero-order chi connectivity index (χ0) is 28.7. The Morgan fingerprint density at radius 3 is 2.49 bits per heavy atom. The van der Waals surface area contributed by atoms with Gasteiger partial charge in [0.1, 0.15) is 11.4 Å². The minimum Gasteiger partial charge on any atom is -0.444 e. The summed E-state index contributed by atoms with van der Waals surface area (Å²) in [6, 6.07) is 7.46. The van der Waals surface area contributed by atoms with Gasteiger partial charge in [-0.25, -0.2) is 9.78 Å². The molecule has 2 atom stereocenters. The van der Waals surface area contributed by atoms with E-state index in [1.165, 1.54) is 0 Å². The lowest BCUT2D eigenvalue weighted by molar-refractivity contribution is -0.125. The highest BCUT2D eigenvalue weighted by Crippen LogP contribution is 2.27. The molecule has 0 spiro atoms. The molecular weight excluding hydrogens is 496 g/mol. The SMILES string of the molecule is CCC(=O)[C@@H]1C[C@H](N(CC(C)C)C(=O)c2nc3ccccc3n2CCCCOC)CN(C(=O)OC(C)(C)C)C1. The molecule has 9 heteroatoms. The van der Waals surface area contributed by atoms with Crippen LogP contribution in [0, 0.1) is 11.8 Å². The van der Waals surface area contributed by atoms with Crippen LogP contribution in [0.15, 0.2) is 24.3 Å². The summed E-state index contributed by atoms with van der Waals surface area (Å²) in [5, 5.41) is 0. The number of Topliss-reactive ketones (excluding diaryl/α,β-unsaturated/α-hetero) is 1. The fraction of sp³-hybridized carbons (Fsp3) is 0.667. The van der Waals surface area contributed by atoms with Gasteiger partial charge in [-0.1, -0.05) is 32.9 Å². The number of likely N-dealkylation sites (tertiary alicyclic amines) is 1. The highest BCUT2D eigenvalue weighted by atomic mass is 16.6. The van der Waals surface area contributed by atoms with Crippen molar-refractivity contribution in [3.63, 3.8) is 0 Å². The number of aryl methyl sites for hydroxylation is 1. The molecule has 0 radical (unpaired) electrons. The molecular formula is C30H46N4O5. The van der Waals surface area contributed by atoms with Crippen LogP contribution in [0.25, 0.3) is 11.0 Å². The van der Waals surface area contributed by atoms with Gasteiger partial charge in [-0.2, -0.15) is 0 Å². The van der Waals surface area contributed by atoms with E-state index in [0.29, 0.717) is 51.5 Å². The van der Waals surface area contributed by atoms with Crippen LogP contribution in [0.3, 0.4) is 0 Å². The van der Waals surface area contributed by atoms with E-state index < -0.39 is 11.7 Å². The molecule has 0 bridgehead atoms. The Kier molecular flexibility index (Phi) is 10.5. The van der Waals surface area contributed by atoms with Crippen molar-refractivity contribution in [3.8, 4) is 0 Å². The maximum atomic E-state index is 14.3. The van der Waals surface area contributed by atoms with Crippen LogP contribution in [0.1, 0.15) is 77.8 Å². The number of unbranched alkanes of at least 4 members (excludes halogenated alkanes) is 1. The molecule has 1 fully saturated rings. The number of nitrogens with zero attached hydrogens (tertiary/aromatic N) is 4. The van der Waals surface area contributed by atoms with E-state index in [1.54, 1.807) is 12.0 Å². The molecule has 3 rings (SSSR count). The highest BCUT2D eigenvalue weighted by molar-refractivity contribution is 5.95. The number of fused-ring (bicyclic) bond motifs is 1. The quantitative estimate of drug-likeness (QED) is 0.364. The lowest BCUT2D eigenvalue weighted by Gasteiger charge is -2.43. The summed E-state index contributed by atoms with van der Waals surface area (Å²) in [4.78, 5) is 48.5. The van der Waals surface area contributed by atoms with Crippen molar-refractivity contribution in [2.45, 2.75) is 85.4 Å². The number of para-hydroxylation sites is 2. The molecule has 1 aromatic carbocycles. The first kappa shape index (κ1) is 30.6. The van der Waals surface area contributed by atoms with Gasteiger partial charge < -0.3 is 23.8 Å². The van der Waals surface area contributed by atoms with E-state index in [9.17, 15) is 14.4 Å². The van der Waals surface area contributed by atoms with Crippen LogP contribution < -0.4 is 0 Å². The molecule has 0 unspecified atom stereocenters. The Balaban J connectivity index is 1.98. The number of imidazole rings is 1. The first-order valence-corrected chi connectivity index (χ1v) is 14.2. The van der Waals surface area contributed by atoms with Crippen molar-refractivity contribution in [3.05, 3.63) is 30.1 Å². The van der Waals surface area contributed by atoms with Crippen LogP contribution in [0.4, 0.5) is 4.79 Å². The minimum absolute atomic E-state index is 0.0931. The first-order chi connectivity index (χ1) is 18.4. The third kappa shape index (κ3) is 8.03. The average Bonchev–Trinajstić information content (AvgIpc) is 3.26. The fourth-order valence-electron chi connectivity index (χ4n) is 5.20. The van der Waals surface area contributed by atoms with E-state index in [1.807, 2.05) is 61.4 Å². The molecule has 1 aromatic heterocycles. The van der Waals surface area contributed by atoms with Gasteiger partial charge in [0.15, 0.2) is 5.82 Å². The van der Waals surface area contributed by atoms with Gasteiger partial charge in [-0.05, 0) is 58.1 Å². The Morgan fingerprint density at radius 2 is 1.85 bits per heavy atom. The highest BCUT2D eigenvalue weighted by Gasteiger charge is 2.40. The Labute approximate surface area is 232 Å². The molecule has 39 heavy (non-hydrogen) atoms. The van der Waals surface area contributed by atoms with Gasteiger partial charge in [0, 0.05) is 52.2 Å². The number of ketones is 1. The van der Waals surface area contributed by atoms with Crippen LogP contribution in [0.2, 0.25) is 0 Å². The Hall–Kier alpha value is -2.94. The third-order valence-corrected chi connectivity index (χ3v) is 6.97. The number of benzene rings is 1. The summed E-state index contributed by atoms with van der Waals surface area (Å²) >= 11 is 0. The number of hydrogen-bond acceptors (Lipinski definition) is 6. The van der Waals surface area contributed by atoms with Gasteiger partial charge in [-0.15, -0.1) is 0 Å². The van der Waals surface area contributed by atoms with Crippen LogP contribution in [-0.2, 0) is 20.8 Å². The van der Waals surface area contributed by atoms with Gasteiger partial charge in [0.2, 0.25) is 0 Å². The van der Waals surface area contributed by atoms with E-state index >= 15 is 0 Å². The standard InChI is InChI=1S/C30H46N4O5/c1-8-26(35)22-17-23(20-32(19-22)29(37)39-30(4,5)6)34(18-21(2)3)28(36)27-31-24-13-9-10-14-25(24)33(27)15-11-12-16-38-7/h9-10,13-14,21-23H,8,11-12,15-20H2,1-7H3/t22-,23+/m1/s1. The number of rotatable bonds is 11. The van der Waals surface area contributed by atoms with Crippen molar-refractivity contribution >= 4 is 28.8 Å². The number of carbonyl (C=O) groups is 3. The minimum atomic E-state index is -0.657. The smallest absolute Gasteiger partial charge is 0.410 e. The molecule has 0 aliphatic carbocycles. The number of ether oxygens (including phenoxy) is 2. The van der Waals surface area contributed by atoms with Gasteiger partial charge >= 0.3 is 6.09 Å². The Morgan fingerprint density at radius 1 is 1.13 bits per heavy atom. The fourth-order valence-corrected chi connectivity index (χ4v) is 5.20. The summed E-state index contributed by atoms with van der Waals surface area (Å²) in [5.41, 5.74) is 1.03. The summed E-state index contributed by atoms with van der Waals surface area (Å²) in [6.07, 6.45) is 2.17. The van der Waals surface area contributed by atoms with Crippen molar-refractivity contribution in [1.29, 1.82) is 0 Å². The largest absolute Gasteiger partial charge is 0.444 e. The van der Waals surface area contributed by atoms with E-state index in [0.717, 1.165) is 23.9 Å². The molecule has 9 nitrogen and oxygen atoms in total. The number of carbonyl (C=O) groups excluding carboxylic acids is 3. The average molecular weight is 543 g/mol. The molecule has 2 heterocycles. The van der Waals surface area contributed by atoms with E-state index in [4.69, 9.17) is 14.5 Å². The number of aromatic nitrogens is 2. The van der Waals surface area contributed by atoms with E-state index in [2.05, 4.69) is 13.8 Å². The van der Waals surface area contributed by atoms with Crippen LogP contribution in [-0.4, -0.2) is 82.1 Å². The summed E-state index contributed by atoms with van der Waals surface area (Å²) in [7, 11) is 1.69. The van der Waals surface area contributed by atoms with Crippen LogP contribution in [0.5, 0.6) is 0 Å². The second kappa shape index (κ2) is 13.4. The van der Waals surface area contributed by atoms with E-state index in [-0.39, 0.29) is 29.6 Å². The number of methoxy groups -OCH3 is 1. The molecule has 216 valence electrons. The topological polar surface area (TPSA) is 94.0 Å². The first-order valence-electron chi connectivity index (χ1n) is 14.2. The number of piperidine rings is 1. The van der Waals surface area contributed by atoms with Gasteiger partial charge in [-0.3, -0.25) is 9.59 Å². The number of hydrogen-bond donors (Lipinski definition) is 0. The molecule has 2 amide bonds. The number of amides is 2. The molecule has 1 aliphatic rings. The van der Waals surface area contributed by atoms with Crippen LogP contribution >= 0.6 is 0 Å². The summed E-state index contributed by atoms with van der Waals surface area (Å²) in [5.74, 6) is 0.144. The third-order valence-electron chi connectivity index (χ3n) is 6.97. The summed E-state index contributed by atoms with van der Waals surface area (Å²) < 4.78 is 12.9. The predicted octanol–water partition coefficient (Wildman–Crippen LogP) is 5.17. The normalized spacial score (nSPS) is 18.0. The maximum Gasteiger partial charge on any atom is 0.410 e. The molecule has 1 aliphatic heterocycles. The molecule has 0 saturated carbocycles. The van der Waals surface area contributed by atoms with Crippen molar-refractivity contribution < 1.29 is 23.9 Å². The predicted molar refractivity (Wildman–Crippen MR) is 152 cm³/mol. The van der Waals surface area contributed by atoms with Crippen molar-refractivity contribution in [2.75, 3.05) is 33.4 Å². The summed E-state index contributed by atoms with van der Waals surface area (Å²) in [6.45, 7) is 13.9. The van der Waals surface area contributed by atoms with Crippen molar-refractivity contribution in [2.24, 2.45) is 11.8 Å². The Bertz CT molecular complexity index is 1140. The maximum absolute atomic E-state index is 14.3.